The van der Waals surface area contributed by atoms with Gasteiger partial charge in [0.05, 0.1) is 11.4 Å². The molecule has 7 heteroatoms. The molecule has 0 saturated heterocycles. The Balaban J connectivity index is 1.67. The Hall–Kier alpha value is -2.12. The van der Waals surface area contributed by atoms with E-state index in [-0.39, 0.29) is 5.56 Å². The van der Waals surface area contributed by atoms with Gasteiger partial charge in [-0.25, -0.2) is 9.98 Å². The molecule has 25 heavy (non-hydrogen) atoms. The minimum absolute atomic E-state index is 0.0713. The van der Waals surface area contributed by atoms with Crippen molar-refractivity contribution in [3.8, 4) is 0 Å². The SMILES string of the molecule is CC[C@@H](C)c1ccc(N=C(N)SCc2cc(=O)n3ccsc3n2)cc1. The molecule has 0 bridgehead atoms. The fraction of sp³-hybridized carbons (Fsp3) is 0.278. The maximum atomic E-state index is 12.0. The molecule has 0 unspecified atom stereocenters. The van der Waals surface area contributed by atoms with E-state index in [4.69, 9.17) is 5.73 Å². The molecule has 0 aliphatic heterocycles. The van der Waals surface area contributed by atoms with Crippen LogP contribution in [0.4, 0.5) is 5.69 Å². The molecular formula is C18H20N4OS2. The third kappa shape index (κ3) is 4.29. The summed E-state index contributed by atoms with van der Waals surface area (Å²) in [6.45, 7) is 4.39. The predicted octanol–water partition coefficient (Wildman–Crippen LogP) is 4.15. The zero-order valence-corrected chi connectivity index (χ0v) is 15.8. The second-order valence-corrected chi connectivity index (χ2v) is 7.65. The molecule has 5 nitrogen and oxygen atoms in total. The number of aliphatic imine (C=N–C) groups is 1. The normalized spacial score (nSPS) is 13.3. The lowest BCUT2D eigenvalue weighted by Crippen LogP contribution is -2.13. The van der Waals surface area contributed by atoms with Crippen LogP contribution in [0.1, 0.15) is 37.4 Å². The highest BCUT2D eigenvalue weighted by molar-refractivity contribution is 8.13. The minimum Gasteiger partial charge on any atom is -0.378 e. The summed E-state index contributed by atoms with van der Waals surface area (Å²) in [5.74, 6) is 1.06. The van der Waals surface area contributed by atoms with Gasteiger partial charge in [-0.1, -0.05) is 37.7 Å². The molecule has 0 spiro atoms. The topological polar surface area (TPSA) is 72.8 Å². The van der Waals surface area contributed by atoms with Crippen molar-refractivity contribution in [1.82, 2.24) is 9.38 Å². The molecule has 1 atom stereocenters. The van der Waals surface area contributed by atoms with Gasteiger partial charge < -0.3 is 5.73 Å². The lowest BCUT2D eigenvalue weighted by atomic mass is 9.99. The summed E-state index contributed by atoms with van der Waals surface area (Å²) in [4.78, 5) is 21.6. The summed E-state index contributed by atoms with van der Waals surface area (Å²) in [5, 5.41) is 2.31. The Morgan fingerprint density at radius 3 is 2.88 bits per heavy atom. The number of thioether (sulfide) groups is 1. The van der Waals surface area contributed by atoms with E-state index in [1.165, 1.54) is 33.1 Å². The molecule has 0 amide bonds. The van der Waals surface area contributed by atoms with Gasteiger partial charge in [0.2, 0.25) is 0 Å². The van der Waals surface area contributed by atoms with Gasteiger partial charge >= 0.3 is 0 Å². The Bertz CT molecular complexity index is 944. The summed E-state index contributed by atoms with van der Waals surface area (Å²) in [7, 11) is 0. The van der Waals surface area contributed by atoms with Gasteiger partial charge in [-0.2, -0.15) is 0 Å². The van der Waals surface area contributed by atoms with Crippen molar-refractivity contribution in [2.24, 2.45) is 10.7 Å². The first kappa shape index (κ1) is 17.7. The van der Waals surface area contributed by atoms with Gasteiger partial charge in [0.15, 0.2) is 10.1 Å². The number of hydrogen-bond donors (Lipinski definition) is 1. The molecule has 2 aromatic heterocycles. The van der Waals surface area contributed by atoms with E-state index in [1.54, 1.807) is 12.3 Å². The zero-order chi connectivity index (χ0) is 17.8. The number of benzene rings is 1. The first-order valence-electron chi connectivity index (χ1n) is 8.09. The lowest BCUT2D eigenvalue weighted by Gasteiger charge is -2.08. The van der Waals surface area contributed by atoms with Gasteiger partial charge in [-0.05, 0) is 30.0 Å². The third-order valence-corrected chi connectivity index (χ3v) is 5.62. The largest absolute Gasteiger partial charge is 0.378 e. The van der Waals surface area contributed by atoms with Crippen LogP contribution < -0.4 is 11.3 Å². The summed E-state index contributed by atoms with van der Waals surface area (Å²) in [5.41, 5.74) is 8.79. The minimum atomic E-state index is -0.0713. The standard InChI is InChI=1S/C18H20N4OS2/c1-3-12(2)13-4-6-14(7-5-13)20-17(19)25-11-15-10-16(23)22-8-9-24-18(22)21-15/h4-10,12H,3,11H2,1-2H3,(H2,19,20)/t12-/m1/s1. The molecule has 0 fully saturated rings. The number of nitrogens with zero attached hydrogens (tertiary/aromatic N) is 3. The van der Waals surface area contributed by atoms with Crippen LogP contribution >= 0.6 is 23.1 Å². The van der Waals surface area contributed by atoms with Crippen LogP contribution in [0.25, 0.3) is 4.96 Å². The average Bonchev–Trinajstić information content (AvgIpc) is 3.09. The first-order valence-corrected chi connectivity index (χ1v) is 9.96. The zero-order valence-electron chi connectivity index (χ0n) is 14.2. The van der Waals surface area contributed by atoms with Crippen LogP contribution in [0.15, 0.2) is 51.7 Å². The second kappa shape index (κ2) is 7.84. The molecule has 0 radical (unpaired) electrons. The van der Waals surface area contributed by atoms with Crippen LogP contribution in [0.3, 0.4) is 0 Å². The maximum absolute atomic E-state index is 12.0. The van der Waals surface area contributed by atoms with Gasteiger partial charge in [-0.3, -0.25) is 9.20 Å². The smallest absolute Gasteiger partial charge is 0.258 e. The number of nitrogens with two attached hydrogens (primary N) is 1. The van der Waals surface area contributed by atoms with Crippen LogP contribution in [0.5, 0.6) is 0 Å². The van der Waals surface area contributed by atoms with E-state index in [9.17, 15) is 4.79 Å². The highest BCUT2D eigenvalue weighted by Gasteiger charge is 2.06. The van der Waals surface area contributed by atoms with Crippen molar-refractivity contribution in [2.75, 3.05) is 0 Å². The molecule has 0 aliphatic rings. The summed E-state index contributed by atoms with van der Waals surface area (Å²) >= 11 is 2.82. The highest BCUT2D eigenvalue weighted by atomic mass is 32.2. The third-order valence-electron chi connectivity index (χ3n) is 4.04. The fourth-order valence-corrected chi connectivity index (χ4v) is 3.73. The number of hydrogen-bond acceptors (Lipinski definition) is 5. The summed E-state index contributed by atoms with van der Waals surface area (Å²) < 4.78 is 1.54. The lowest BCUT2D eigenvalue weighted by molar-refractivity contribution is 0.734. The van der Waals surface area contributed by atoms with Crippen LogP contribution in [-0.4, -0.2) is 14.6 Å². The van der Waals surface area contributed by atoms with Gasteiger partial charge in [0.25, 0.3) is 5.56 Å². The molecule has 3 rings (SSSR count). The molecule has 0 saturated carbocycles. The summed E-state index contributed by atoms with van der Waals surface area (Å²) in [6.07, 6.45) is 2.84. The molecule has 3 aromatic rings. The van der Waals surface area contributed by atoms with Crippen molar-refractivity contribution >= 4 is 38.9 Å². The molecule has 2 N–H and O–H groups in total. The quantitative estimate of drug-likeness (QED) is 0.539. The fourth-order valence-electron chi connectivity index (χ4n) is 2.38. The van der Waals surface area contributed by atoms with E-state index in [2.05, 4.69) is 36.0 Å². The number of fused-ring (bicyclic) bond motifs is 1. The Kier molecular flexibility index (Phi) is 5.55. The van der Waals surface area contributed by atoms with E-state index in [0.717, 1.165) is 12.1 Å². The van der Waals surface area contributed by atoms with Crippen molar-refractivity contribution < 1.29 is 0 Å². The Morgan fingerprint density at radius 2 is 2.16 bits per heavy atom. The number of aromatic nitrogens is 2. The molecule has 130 valence electrons. The van der Waals surface area contributed by atoms with Crippen LogP contribution in [0.2, 0.25) is 0 Å². The average molecular weight is 373 g/mol. The second-order valence-electron chi connectivity index (χ2n) is 5.78. The number of rotatable bonds is 5. The van der Waals surface area contributed by atoms with Gasteiger partial charge in [0, 0.05) is 23.4 Å². The van der Waals surface area contributed by atoms with Gasteiger partial charge in [-0.15, -0.1) is 11.3 Å². The molecular weight excluding hydrogens is 352 g/mol. The maximum Gasteiger partial charge on any atom is 0.258 e. The van der Waals surface area contributed by atoms with E-state index in [0.29, 0.717) is 27.5 Å². The van der Waals surface area contributed by atoms with Gasteiger partial charge in [0.1, 0.15) is 0 Å². The van der Waals surface area contributed by atoms with Crippen molar-refractivity contribution in [3.63, 3.8) is 0 Å². The van der Waals surface area contributed by atoms with Crippen LogP contribution in [0, 0.1) is 0 Å². The van der Waals surface area contributed by atoms with Crippen molar-refractivity contribution in [3.05, 3.63) is 63.5 Å². The van der Waals surface area contributed by atoms with E-state index in [1.807, 2.05) is 17.5 Å². The first-order chi connectivity index (χ1) is 12.1. The predicted molar refractivity (Wildman–Crippen MR) is 107 cm³/mol. The Labute approximate surface area is 154 Å². The monoisotopic (exact) mass is 372 g/mol. The number of amidine groups is 1. The van der Waals surface area contributed by atoms with Crippen molar-refractivity contribution in [2.45, 2.75) is 31.9 Å². The molecule has 2 heterocycles. The summed E-state index contributed by atoms with van der Waals surface area (Å²) in [6, 6.07) is 9.70. The van der Waals surface area contributed by atoms with E-state index < -0.39 is 0 Å². The Morgan fingerprint density at radius 1 is 1.40 bits per heavy atom. The van der Waals surface area contributed by atoms with Crippen molar-refractivity contribution in [1.29, 1.82) is 0 Å². The molecule has 0 aliphatic carbocycles. The van der Waals surface area contributed by atoms with Crippen LogP contribution in [-0.2, 0) is 5.75 Å². The molecule has 1 aromatic carbocycles. The number of thiazole rings is 1. The highest BCUT2D eigenvalue weighted by Crippen LogP contribution is 2.22. The van der Waals surface area contributed by atoms with E-state index >= 15 is 0 Å².